The van der Waals surface area contributed by atoms with E-state index in [2.05, 4.69) is 17.4 Å². The number of anilines is 1. The van der Waals surface area contributed by atoms with Crippen molar-refractivity contribution < 1.29 is 13.2 Å². The smallest absolute Gasteiger partial charge is 0.264 e. The number of carbonyl (C=O) groups excluding carboxylic acids is 1. The Bertz CT molecular complexity index is 1440. The first kappa shape index (κ1) is 23.8. The maximum Gasteiger partial charge on any atom is 0.264 e. The Morgan fingerprint density at radius 3 is 2.17 bits per heavy atom. The number of nitrogens with one attached hydrogen (secondary N) is 1. The van der Waals surface area contributed by atoms with E-state index in [4.69, 9.17) is 0 Å². The second-order valence-corrected chi connectivity index (χ2v) is 10.8. The van der Waals surface area contributed by atoms with Gasteiger partial charge in [0.2, 0.25) is 0 Å². The molecule has 6 heteroatoms. The molecular formula is C30H28N2O3S. The zero-order valence-corrected chi connectivity index (χ0v) is 20.7. The van der Waals surface area contributed by atoms with Gasteiger partial charge in [0, 0.05) is 5.56 Å². The number of para-hydroxylation sites is 1. The SMILES string of the molecule is O=C(NC1CCCc2ccccc21)c1ccc(CN(c2ccccc2)S(=O)(=O)c2ccccc2)cc1. The molecule has 5 nitrogen and oxygen atoms in total. The van der Waals surface area contributed by atoms with Gasteiger partial charge < -0.3 is 5.32 Å². The van der Waals surface area contributed by atoms with E-state index < -0.39 is 10.0 Å². The van der Waals surface area contributed by atoms with Gasteiger partial charge in [-0.05, 0) is 72.4 Å². The van der Waals surface area contributed by atoms with Gasteiger partial charge in [0.15, 0.2) is 0 Å². The van der Waals surface area contributed by atoms with Gasteiger partial charge in [0.05, 0.1) is 23.2 Å². The van der Waals surface area contributed by atoms with Crippen molar-refractivity contribution in [2.75, 3.05) is 4.31 Å². The third-order valence-electron chi connectivity index (χ3n) is 6.59. The fourth-order valence-electron chi connectivity index (χ4n) is 4.70. The van der Waals surface area contributed by atoms with Crippen molar-refractivity contribution in [3.63, 3.8) is 0 Å². The van der Waals surface area contributed by atoms with Crippen molar-refractivity contribution in [3.05, 3.63) is 131 Å². The molecule has 1 N–H and O–H groups in total. The highest BCUT2D eigenvalue weighted by Gasteiger charge is 2.25. The van der Waals surface area contributed by atoms with Crippen molar-refractivity contribution in [1.29, 1.82) is 0 Å². The molecule has 0 saturated heterocycles. The maximum absolute atomic E-state index is 13.5. The number of amides is 1. The van der Waals surface area contributed by atoms with E-state index in [1.807, 2.05) is 42.5 Å². The van der Waals surface area contributed by atoms with Crippen molar-refractivity contribution in [2.45, 2.75) is 36.7 Å². The molecule has 1 unspecified atom stereocenters. The van der Waals surface area contributed by atoms with Crippen LogP contribution in [0.2, 0.25) is 0 Å². The third kappa shape index (κ3) is 5.04. The first-order valence-electron chi connectivity index (χ1n) is 12.1. The molecule has 1 aliphatic rings. The van der Waals surface area contributed by atoms with Gasteiger partial charge >= 0.3 is 0 Å². The van der Waals surface area contributed by atoms with Gasteiger partial charge in [0.1, 0.15) is 0 Å². The summed E-state index contributed by atoms with van der Waals surface area (Å²) in [6, 6.07) is 32.9. The summed E-state index contributed by atoms with van der Waals surface area (Å²) in [5.74, 6) is -0.125. The average molecular weight is 497 g/mol. The first-order valence-corrected chi connectivity index (χ1v) is 13.6. The van der Waals surface area contributed by atoms with Crippen LogP contribution in [0.25, 0.3) is 0 Å². The fourth-order valence-corrected chi connectivity index (χ4v) is 6.18. The minimum absolute atomic E-state index is 0.00622. The summed E-state index contributed by atoms with van der Waals surface area (Å²) in [5, 5.41) is 3.18. The Balaban J connectivity index is 1.35. The molecule has 0 aliphatic heterocycles. The molecule has 182 valence electrons. The molecule has 1 aliphatic carbocycles. The molecule has 0 aromatic heterocycles. The Kier molecular flexibility index (Phi) is 6.87. The lowest BCUT2D eigenvalue weighted by molar-refractivity contribution is 0.0932. The first-order chi connectivity index (χ1) is 17.5. The van der Waals surface area contributed by atoms with Gasteiger partial charge in [-0.3, -0.25) is 9.10 Å². The van der Waals surface area contributed by atoms with Crippen molar-refractivity contribution >= 4 is 21.6 Å². The molecule has 36 heavy (non-hydrogen) atoms. The number of aryl methyl sites for hydroxylation is 1. The molecule has 0 heterocycles. The van der Waals surface area contributed by atoms with Crippen molar-refractivity contribution in [2.24, 2.45) is 0 Å². The minimum atomic E-state index is -3.77. The standard InChI is InChI=1S/C30H28N2O3S/c33-30(31-29-17-9-11-24-10-7-8-16-28(24)29)25-20-18-23(19-21-25)22-32(26-12-3-1-4-13-26)36(34,35)27-14-5-2-6-15-27/h1-8,10,12-16,18-21,29H,9,11,17,22H2,(H,31,33). The Hall–Kier alpha value is -3.90. The van der Waals surface area contributed by atoms with Crippen LogP contribution in [0, 0.1) is 0 Å². The zero-order chi connectivity index (χ0) is 25.0. The lowest BCUT2D eigenvalue weighted by Gasteiger charge is -2.26. The summed E-state index contributed by atoms with van der Waals surface area (Å²) in [5.41, 5.74) is 4.42. The van der Waals surface area contributed by atoms with Crippen LogP contribution >= 0.6 is 0 Å². The molecule has 1 atom stereocenters. The zero-order valence-electron chi connectivity index (χ0n) is 19.9. The average Bonchev–Trinajstić information content (AvgIpc) is 2.93. The third-order valence-corrected chi connectivity index (χ3v) is 8.38. The monoisotopic (exact) mass is 496 g/mol. The quantitative estimate of drug-likeness (QED) is 0.347. The molecule has 0 saturated carbocycles. The fraction of sp³-hybridized carbons (Fsp3) is 0.167. The highest BCUT2D eigenvalue weighted by Crippen LogP contribution is 2.30. The molecule has 0 fully saturated rings. The van der Waals surface area contributed by atoms with Gasteiger partial charge in [-0.15, -0.1) is 0 Å². The number of carbonyl (C=O) groups is 1. The van der Waals surface area contributed by atoms with Gasteiger partial charge in [0.25, 0.3) is 15.9 Å². The van der Waals surface area contributed by atoms with E-state index in [1.54, 1.807) is 54.6 Å². The van der Waals surface area contributed by atoms with Crippen LogP contribution in [0.4, 0.5) is 5.69 Å². The van der Waals surface area contributed by atoms with Crippen LogP contribution in [0.3, 0.4) is 0 Å². The lowest BCUT2D eigenvalue weighted by atomic mass is 9.87. The highest BCUT2D eigenvalue weighted by molar-refractivity contribution is 7.92. The van der Waals surface area contributed by atoms with E-state index in [1.165, 1.54) is 15.4 Å². The Morgan fingerprint density at radius 1 is 0.806 bits per heavy atom. The van der Waals surface area contributed by atoms with Gasteiger partial charge in [-0.25, -0.2) is 8.42 Å². The summed E-state index contributed by atoms with van der Waals surface area (Å²) >= 11 is 0. The number of hydrogen-bond acceptors (Lipinski definition) is 3. The molecule has 5 rings (SSSR count). The van der Waals surface area contributed by atoms with Gasteiger partial charge in [-0.2, -0.15) is 0 Å². The summed E-state index contributed by atoms with van der Waals surface area (Å²) in [4.78, 5) is 13.2. The number of hydrogen-bond donors (Lipinski definition) is 1. The maximum atomic E-state index is 13.5. The molecule has 4 aromatic rings. The van der Waals surface area contributed by atoms with E-state index in [-0.39, 0.29) is 23.4 Å². The largest absolute Gasteiger partial charge is 0.345 e. The van der Waals surface area contributed by atoms with Crippen LogP contribution in [-0.2, 0) is 23.0 Å². The molecule has 1 amide bonds. The predicted octanol–water partition coefficient (Wildman–Crippen LogP) is 5.89. The number of benzene rings is 4. The molecule has 0 bridgehead atoms. The summed E-state index contributed by atoms with van der Waals surface area (Å²) in [6.45, 7) is 0.152. The van der Waals surface area contributed by atoms with Crippen LogP contribution in [-0.4, -0.2) is 14.3 Å². The van der Waals surface area contributed by atoms with Crippen LogP contribution in [0.5, 0.6) is 0 Å². The van der Waals surface area contributed by atoms with Crippen LogP contribution in [0.15, 0.2) is 114 Å². The summed E-state index contributed by atoms with van der Waals surface area (Å²) < 4.78 is 28.4. The van der Waals surface area contributed by atoms with Gasteiger partial charge in [-0.1, -0.05) is 72.8 Å². The number of rotatable bonds is 7. The second kappa shape index (κ2) is 10.4. The predicted molar refractivity (Wildman–Crippen MR) is 142 cm³/mol. The number of nitrogens with zero attached hydrogens (tertiary/aromatic N) is 1. The molecular weight excluding hydrogens is 468 g/mol. The minimum Gasteiger partial charge on any atom is -0.345 e. The lowest BCUT2D eigenvalue weighted by Crippen LogP contribution is -2.31. The Labute approximate surface area is 212 Å². The topological polar surface area (TPSA) is 66.5 Å². The van der Waals surface area contributed by atoms with Crippen LogP contribution in [0.1, 0.15) is 45.9 Å². The number of fused-ring (bicyclic) bond motifs is 1. The van der Waals surface area contributed by atoms with Crippen LogP contribution < -0.4 is 9.62 Å². The van der Waals surface area contributed by atoms with Crippen molar-refractivity contribution in [3.8, 4) is 0 Å². The number of sulfonamides is 1. The Morgan fingerprint density at radius 2 is 1.44 bits per heavy atom. The molecule has 0 spiro atoms. The normalized spacial score (nSPS) is 15.1. The highest BCUT2D eigenvalue weighted by atomic mass is 32.2. The molecule has 4 aromatic carbocycles. The van der Waals surface area contributed by atoms with E-state index in [0.717, 1.165) is 24.8 Å². The second-order valence-electron chi connectivity index (χ2n) is 8.97. The van der Waals surface area contributed by atoms with Crippen molar-refractivity contribution in [1.82, 2.24) is 5.32 Å². The summed E-state index contributed by atoms with van der Waals surface area (Å²) in [7, 11) is -3.77. The van der Waals surface area contributed by atoms with E-state index in [9.17, 15) is 13.2 Å². The van der Waals surface area contributed by atoms with E-state index >= 15 is 0 Å². The van der Waals surface area contributed by atoms with E-state index in [0.29, 0.717) is 11.3 Å². The molecule has 0 radical (unpaired) electrons. The summed E-state index contributed by atoms with van der Waals surface area (Å²) in [6.07, 6.45) is 3.01.